The molecule has 0 aliphatic carbocycles. The van der Waals surface area contributed by atoms with Crippen molar-refractivity contribution >= 4 is 38.7 Å². The molecule has 1 aliphatic heterocycles. The number of hydrogen-bond donors (Lipinski definition) is 1. The summed E-state index contributed by atoms with van der Waals surface area (Å²) in [7, 11) is 0. The summed E-state index contributed by atoms with van der Waals surface area (Å²) >= 11 is 3.20. The lowest BCUT2D eigenvalue weighted by molar-refractivity contribution is -0.0485. The molecule has 4 heterocycles. The maximum atomic E-state index is 6.07. The average Bonchev–Trinajstić information content (AvgIpc) is 3.26. The first kappa shape index (κ1) is 14.9. The fraction of sp³-hybridized carbons (Fsp3) is 0.400. The molecule has 8 heteroatoms. The van der Waals surface area contributed by atoms with Crippen molar-refractivity contribution in [3.8, 4) is 0 Å². The van der Waals surface area contributed by atoms with E-state index in [2.05, 4.69) is 20.3 Å². The van der Waals surface area contributed by atoms with Crippen molar-refractivity contribution in [3.05, 3.63) is 34.4 Å². The summed E-state index contributed by atoms with van der Waals surface area (Å²) in [5.41, 5.74) is 2.80. The van der Waals surface area contributed by atoms with Gasteiger partial charge in [0.25, 0.3) is 0 Å². The zero-order chi connectivity index (χ0) is 15.5. The van der Waals surface area contributed by atoms with E-state index in [9.17, 15) is 0 Å². The molecule has 0 unspecified atom stereocenters. The van der Waals surface area contributed by atoms with Crippen molar-refractivity contribution in [1.29, 1.82) is 0 Å². The van der Waals surface area contributed by atoms with E-state index in [1.165, 1.54) is 0 Å². The number of aromatic nitrogens is 3. The standard InChI is InChI=1S/C15H16N4O2S2/c1-3-20-6-12(13(1)21-5-10-7-22-9-18-10)19-14-11-2-4-23-15(11)17-8-16-14/h2,4,7-9,12-13H,1,3,5-6H2,(H,16,17,19)/t12-,13+/m0/s1. The van der Waals surface area contributed by atoms with Crippen LogP contribution in [0.25, 0.3) is 10.2 Å². The fourth-order valence-electron chi connectivity index (χ4n) is 2.63. The Morgan fingerprint density at radius 1 is 1.35 bits per heavy atom. The summed E-state index contributed by atoms with van der Waals surface area (Å²) < 4.78 is 11.7. The van der Waals surface area contributed by atoms with Gasteiger partial charge in [0.1, 0.15) is 17.0 Å². The quantitative estimate of drug-likeness (QED) is 0.764. The Morgan fingerprint density at radius 3 is 3.26 bits per heavy atom. The Hall–Kier alpha value is -1.61. The second-order valence-electron chi connectivity index (χ2n) is 5.31. The molecule has 1 fully saturated rings. The third-order valence-corrected chi connectivity index (χ3v) is 5.26. The van der Waals surface area contributed by atoms with E-state index in [0.717, 1.165) is 34.8 Å². The van der Waals surface area contributed by atoms with E-state index in [-0.39, 0.29) is 12.1 Å². The van der Waals surface area contributed by atoms with Crippen molar-refractivity contribution in [1.82, 2.24) is 15.0 Å². The van der Waals surface area contributed by atoms with Crippen LogP contribution in [0.15, 0.2) is 28.7 Å². The van der Waals surface area contributed by atoms with Crippen LogP contribution in [-0.4, -0.2) is 40.3 Å². The number of fused-ring (bicyclic) bond motifs is 1. The van der Waals surface area contributed by atoms with Gasteiger partial charge in [0.15, 0.2) is 0 Å². The van der Waals surface area contributed by atoms with Crippen molar-refractivity contribution < 1.29 is 9.47 Å². The smallest absolute Gasteiger partial charge is 0.138 e. The molecule has 3 aromatic rings. The number of anilines is 1. The highest BCUT2D eigenvalue weighted by Gasteiger charge is 2.27. The highest BCUT2D eigenvalue weighted by Crippen LogP contribution is 2.26. The van der Waals surface area contributed by atoms with Gasteiger partial charge in [-0.2, -0.15) is 0 Å². The van der Waals surface area contributed by atoms with Crippen LogP contribution in [0.5, 0.6) is 0 Å². The molecule has 6 nitrogen and oxygen atoms in total. The lowest BCUT2D eigenvalue weighted by atomic mass is 10.1. The minimum atomic E-state index is 0.0698. The highest BCUT2D eigenvalue weighted by atomic mass is 32.1. The second-order valence-corrected chi connectivity index (χ2v) is 6.92. The average molecular weight is 348 g/mol. The molecule has 120 valence electrons. The molecule has 1 aliphatic rings. The largest absolute Gasteiger partial charge is 0.379 e. The maximum absolute atomic E-state index is 6.07. The number of thiazole rings is 1. The van der Waals surface area contributed by atoms with E-state index in [4.69, 9.17) is 9.47 Å². The van der Waals surface area contributed by atoms with Crippen LogP contribution in [0.1, 0.15) is 12.1 Å². The van der Waals surface area contributed by atoms with Gasteiger partial charge in [-0.05, 0) is 17.9 Å². The van der Waals surface area contributed by atoms with Gasteiger partial charge in [-0.3, -0.25) is 0 Å². The number of nitrogens with one attached hydrogen (secondary N) is 1. The summed E-state index contributed by atoms with van der Waals surface area (Å²) in [6.07, 6.45) is 2.53. The van der Waals surface area contributed by atoms with Gasteiger partial charge in [-0.25, -0.2) is 15.0 Å². The summed E-state index contributed by atoms with van der Waals surface area (Å²) in [5, 5.41) is 8.56. The molecule has 4 rings (SSSR count). The molecule has 0 radical (unpaired) electrons. The predicted octanol–water partition coefficient (Wildman–Crippen LogP) is 2.93. The van der Waals surface area contributed by atoms with Crippen molar-refractivity contribution in [2.24, 2.45) is 0 Å². The zero-order valence-corrected chi connectivity index (χ0v) is 14.0. The maximum Gasteiger partial charge on any atom is 0.138 e. The first-order chi connectivity index (χ1) is 11.4. The Kier molecular flexibility index (Phi) is 4.47. The predicted molar refractivity (Wildman–Crippen MR) is 91.0 cm³/mol. The SMILES string of the molecule is c1nc(N[C@H]2COCC[C@H]2OCc2cscn2)c2ccsc2n1. The molecule has 0 amide bonds. The summed E-state index contributed by atoms with van der Waals surface area (Å²) in [6, 6.07) is 2.11. The third kappa shape index (κ3) is 3.35. The molecular weight excluding hydrogens is 332 g/mol. The monoisotopic (exact) mass is 348 g/mol. The molecule has 1 saturated heterocycles. The van der Waals surface area contributed by atoms with Gasteiger partial charge in [0, 0.05) is 12.0 Å². The van der Waals surface area contributed by atoms with Crippen LogP contribution in [0, 0.1) is 0 Å². The first-order valence-corrected chi connectivity index (χ1v) is 9.23. The normalized spacial score (nSPS) is 21.6. The van der Waals surface area contributed by atoms with Gasteiger partial charge >= 0.3 is 0 Å². The van der Waals surface area contributed by atoms with Crippen molar-refractivity contribution in [3.63, 3.8) is 0 Å². The van der Waals surface area contributed by atoms with E-state index in [1.54, 1.807) is 29.0 Å². The highest BCUT2D eigenvalue weighted by molar-refractivity contribution is 7.16. The Labute approximate surface area is 141 Å². The third-order valence-electron chi connectivity index (χ3n) is 3.81. The molecule has 0 bridgehead atoms. The molecule has 23 heavy (non-hydrogen) atoms. The van der Waals surface area contributed by atoms with Crippen LogP contribution < -0.4 is 5.32 Å². The number of ether oxygens (including phenoxy) is 2. The number of thiophene rings is 1. The van der Waals surface area contributed by atoms with Gasteiger partial charge < -0.3 is 14.8 Å². The van der Waals surface area contributed by atoms with Gasteiger partial charge in [0.05, 0.1) is 42.0 Å². The molecular formula is C15H16N4O2S2. The molecule has 0 spiro atoms. The van der Waals surface area contributed by atoms with Crippen LogP contribution in [0.3, 0.4) is 0 Å². The lowest BCUT2D eigenvalue weighted by Crippen LogP contribution is -2.44. The lowest BCUT2D eigenvalue weighted by Gasteiger charge is -2.32. The van der Waals surface area contributed by atoms with Crippen LogP contribution in [-0.2, 0) is 16.1 Å². The van der Waals surface area contributed by atoms with Gasteiger partial charge in [-0.1, -0.05) is 0 Å². The summed E-state index contributed by atoms with van der Waals surface area (Å²) in [4.78, 5) is 13.9. The zero-order valence-electron chi connectivity index (χ0n) is 12.3. The Morgan fingerprint density at radius 2 is 2.35 bits per heavy atom. The van der Waals surface area contributed by atoms with E-state index in [1.807, 2.05) is 22.3 Å². The molecule has 2 atom stereocenters. The van der Waals surface area contributed by atoms with E-state index in [0.29, 0.717) is 13.2 Å². The van der Waals surface area contributed by atoms with Crippen LogP contribution in [0.2, 0.25) is 0 Å². The second kappa shape index (κ2) is 6.88. The number of rotatable bonds is 5. The van der Waals surface area contributed by atoms with Crippen LogP contribution in [0.4, 0.5) is 5.82 Å². The minimum absolute atomic E-state index is 0.0698. The Bertz CT molecular complexity index is 762. The van der Waals surface area contributed by atoms with E-state index < -0.39 is 0 Å². The minimum Gasteiger partial charge on any atom is -0.379 e. The Balaban J connectivity index is 1.48. The first-order valence-electron chi connectivity index (χ1n) is 7.41. The summed E-state index contributed by atoms with van der Waals surface area (Å²) in [5.74, 6) is 0.842. The van der Waals surface area contributed by atoms with Crippen molar-refractivity contribution in [2.75, 3.05) is 18.5 Å². The molecule has 3 aromatic heterocycles. The number of nitrogens with zero attached hydrogens (tertiary/aromatic N) is 3. The van der Waals surface area contributed by atoms with Gasteiger partial charge in [0.2, 0.25) is 0 Å². The topological polar surface area (TPSA) is 69.2 Å². The van der Waals surface area contributed by atoms with Crippen molar-refractivity contribution in [2.45, 2.75) is 25.2 Å². The van der Waals surface area contributed by atoms with Gasteiger partial charge in [-0.15, -0.1) is 22.7 Å². The summed E-state index contributed by atoms with van der Waals surface area (Å²) in [6.45, 7) is 1.86. The van der Waals surface area contributed by atoms with E-state index >= 15 is 0 Å². The molecule has 0 aromatic carbocycles. The fourth-order valence-corrected chi connectivity index (χ4v) is 3.91. The van der Waals surface area contributed by atoms with Crippen LogP contribution >= 0.6 is 22.7 Å². The number of hydrogen-bond acceptors (Lipinski definition) is 8. The molecule has 1 N–H and O–H groups in total. The molecule has 0 saturated carbocycles.